The van der Waals surface area contributed by atoms with Crippen LogP contribution in [0, 0.1) is 0 Å². The van der Waals surface area contributed by atoms with Gasteiger partial charge in [0.25, 0.3) is 0 Å². The van der Waals surface area contributed by atoms with Crippen LogP contribution in [0.15, 0.2) is 48.9 Å². The number of aromatic nitrogens is 2. The van der Waals surface area contributed by atoms with Crippen LogP contribution >= 0.6 is 0 Å². The first-order chi connectivity index (χ1) is 10.1. The Morgan fingerprint density at radius 1 is 1.24 bits per heavy atom. The van der Waals surface area contributed by atoms with Gasteiger partial charge < -0.3 is 10.1 Å². The summed E-state index contributed by atoms with van der Waals surface area (Å²) in [5, 5.41) is 3.11. The molecule has 5 nitrogen and oxygen atoms in total. The van der Waals surface area contributed by atoms with E-state index < -0.39 is 6.04 Å². The van der Waals surface area contributed by atoms with E-state index in [4.69, 9.17) is 4.74 Å². The molecule has 5 heteroatoms. The fraction of sp³-hybridized carbons (Fsp3) is 0.312. The molecule has 2 rings (SSSR count). The molecule has 0 radical (unpaired) electrons. The highest BCUT2D eigenvalue weighted by Crippen LogP contribution is 2.10. The summed E-state index contributed by atoms with van der Waals surface area (Å²) >= 11 is 0. The van der Waals surface area contributed by atoms with E-state index in [9.17, 15) is 4.79 Å². The third-order valence-corrected chi connectivity index (χ3v) is 2.82. The maximum atomic E-state index is 12.2. The fourth-order valence-corrected chi connectivity index (χ4v) is 1.91. The molecule has 2 aromatic rings. The number of nitrogens with one attached hydrogen (secondary N) is 1. The molecule has 1 aromatic carbocycles. The van der Waals surface area contributed by atoms with Crippen molar-refractivity contribution in [3.8, 4) is 0 Å². The molecule has 0 saturated carbocycles. The maximum absolute atomic E-state index is 12.2. The van der Waals surface area contributed by atoms with Gasteiger partial charge in [-0.05, 0) is 25.5 Å². The average Bonchev–Trinajstić information content (AvgIpc) is 2.48. The van der Waals surface area contributed by atoms with Crippen molar-refractivity contribution in [2.45, 2.75) is 32.4 Å². The first-order valence-electron chi connectivity index (χ1n) is 6.92. The minimum absolute atomic E-state index is 0.150. The summed E-state index contributed by atoms with van der Waals surface area (Å²) in [6, 6.07) is 11.1. The van der Waals surface area contributed by atoms with Gasteiger partial charge in [-0.2, -0.15) is 0 Å². The van der Waals surface area contributed by atoms with E-state index in [2.05, 4.69) is 15.3 Å². The first-order valence-corrected chi connectivity index (χ1v) is 6.92. The molecule has 0 spiro atoms. The topological polar surface area (TPSA) is 64.1 Å². The highest BCUT2D eigenvalue weighted by atomic mass is 16.5. The van der Waals surface area contributed by atoms with Gasteiger partial charge >= 0.3 is 5.97 Å². The van der Waals surface area contributed by atoms with Crippen molar-refractivity contribution in [3.63, 3.8) is 0 Å². The standard InChI is InChI=1S/C16H19N3O2/c1-12(2)21-16(20)14(10-13-6-4-3-5-7-13)19-15-8-9-17-11-18-15/h3-9,11-12,14H,10H2,1-2H3,(H,17,18,19)/t14-/m0/s1. The number of carbonyl (C=O) groups is 1. The van der Waals surface area contributed by atoms with Crippen LogP contribution < -0.4 is 5.32 Å². The lowest BCUT2D eigenvalue weighted by Crippen LogP contribution is -2.35. The fourth-order valence-electron chi connectivity index (χ4n) is 1.91. The Morgan fingerprint density at radius 2 is 2.00 bits per heavy atom. The third kappa shape index (κ3) is 4.87. The molecule has 0 aliphatic heterocycles. The number of anilines is 1. The van der Waals surface area contributed by atoms with Gasteiger partial charge in [-0.3, -0.25) is 0 Å². The Kier molecular flexibility index (Phi) is 5.26. The molecule has 110 valence electrons. The Balaban J connectivity index is 2.12. The van der Waals surface area contributed by atoms with Gasteiger partial charge in [0.05, 0.1) is 6.10 Å². The predicted octanol–water partition coefficient (Wildman–Crippen LogP) is 2.45. The number of ether oxygens (including phenoxy) is 1. The molecule has 0 saturated heterocycles. The lowest BCUT2D eigenvalue weighted by molar-refractivity contribution is -0.148. The number of rotatable bonds is 6. The SMILES string of the molecule is CC(C)OC(=O)[C@H](Cc1ccccc1)Nc1ccncn1. The van der Waals surface area contributed by atoms with E-state index >= 15 is 0 Å². The van der Waals surface area contributed by atoms with Crippen LogP contribution in [-0.4, -0.2) is 28.1 Å². The molecule has 0 fully saturated rings. The van der Waals surface area contributed by atoms with Gasteiger partial charge in [0, 0.05) is 12.6 Å². The largest absolute Gasteiger partial charge is 0.461 e. The molecule has 0 aliphatic carbocycles. The lowest BCUT2D eigenvalue weighted by atomic mass is 10.1. The summed E-state index contributed by atoms with van der Waals surface area (Å²) in [7, 11) is 0. The van der Waals surface area contributed by atoms with Gasteiger partial charge in [0.15, 0.2) is 0 Å². The van der Waals surface area contributed by atoms with Crippen LogP contribution in [0.4, 0.5) is 5.82 Å². The number of carbonyl (C=O) groups excluding carboxylic acids is 1. The number of nitrogens with zero attached hydrogens (tertiary/aromatic N) is 2. The second-order valence-corrected chi connectivity index (χ2v) is 4.97. The Labute approximate surface area is 124 Å². The monoisotopic (exact) mass is 285 g/mol. The maximum Gasteiger partial charge on any atom is 0.329 e. The molecule has 1 aromatic heterocycles. The molecule has 0 aliphatic rings. The first kappa shape index (κ1) is 15.0. The van der Waals surface area contributed by atoms with Crippen molar-refractivity contribution in [2.75, 3.05) is 5.32 Å². The van der Waals surface area contributed by atoms with Crippen LogP contribution in [0.2, 0.25) is 0 Å². The zero-order chi connectivity index (χ0) is 15.1. The molecule has 0 bridgehead atoms. The van der Waals surface area contributed by atoms with Crippen LogP contribution in [0.1, 0.15) is 19.4 Å². The number of esters is 1. The van der Waals surface area contributed by atoms with E-state index in [-0.39, 0.29) is 12.1 Å². The normalized spacial score (nSPS) is 12.0. The summed E-state index contributed by atoms with van der Waals surface area (Å²) in [5.41, 5.74) is 1.06. The number of hydrogen-bond acceptors (Lipinski definition) is 5. The van der Waals surface area contributed by atoms with Crippen molar-refractivity contribution in [3.05, 3.63) is 54.5 Å². The zero-order valence-corrected chi connectivity index (χ0v) is 12.2. The second kappa shape index (κ2) is 7.38. The van der Waals surface area contributed by atoms with Crippen molar-refractivity contribution in [1.82, 2.24) is 9.97 Å². The van der Waals surface area contributed by atoms with Crippen molar-refractivity contribution < 1.29 is 9.53 Å². The van der Waals surface area contributed by atoms with E-state index in [1.807, 2.05) is 44.2 Å². The summed E-state index contributed by atoms with van der Waals surface area (Å²) in [6.07, 6.45) is 3.46. The Bertz CT molecular complexity index is 517. The van der Waals surface area contributed by atoms with Crippen LogP contribution in [-0.2, 0) is 16.0 Å². The Morgan fingerprint density at radius 3 is 2.62 bits per heavy atom. The van der Waals surface area contributed by atoms with Crippen LogP contribution in [0.25, 0.3) is 0 Å². The molecular formula is C16H19N3O2. The van der Waals surface area contributed by atoms with Gasteiger partial charge in [-0.15, -0.1) is 0 Å². The highest BCUT2D eigenvalue weighted by Gasteiger charge is 2.21. The average molecular weight is 285 g/mol. The lowest BCUT2D eigenvalue weighted by Gasteiger charge is -2.19. The smallest absolute Gasteiger partial charge is 0.329 e. The minimum Gasteiger partial charge on any atom is -0.461 e. The van der Waals surface area contributed by atoms with E-state index in [1.54, 1.807) is 12.3 Å². The molecule has 0 unspecified atom stereocenters. The molecule has 1 N–H and O–H groups in total. The van der Waals surface area contributed by atoms with Gasteiger partial charge in [0.1, 0.15) is 18.2 Å². The van der Waals surface area contributed by atoms with Gasteiger partial charge in [-0.25, -0.2) is 14.8 Å². The van der Waals surface area contributed by atoms with Crippen molar-refractivity contribution in [1.29, 1.82) is 0 Å². The third-order valence-electron chi connectivity index (χ3n) is 2.82. The van der Waals surface area contributed by atoms with E-state index in [0.717, 1.165) is 5.56 Å². The van der Waals surface area contributed by atoms with Gasteiger partial charge in [-0.1, -0.05) is 30.3 Å². The van der Waals surface area contributed by atoms with Gasteiger partial charge in [0.2, 0.25) is 0 Å². The molecule has 1 atom stereocenters. The van der Waals surface area contributed by atoms with E-state index in [0.29, 0.717) is 12.2 Å². The molecular weight excluding hydrogens is 266 g/mol. The predicted molar refractivity (Wildman–Crippen MR) is 80.8 cm³/mol. The Hall–Kier alpha value is -2.43. The molecule has 1 heterocycles. The molecule has 0 amide bonds. The summed E-state index contributed by atoms with van der Waals surface area (Å²) in [5.74, 6) is 0.319. The zero-order valence-electron chi connectivity index (χ0n) is 12.2. The summed E-state index contributed by atoms with van der Waals surface area (Å²) in [6.45, 7) is 3.67. The second-order valence-electron chi connectivity index (χ2n) is 4.97. The number of hydrogen-bond donors (Lipinski definition) is 1. The molecule has 21 heavy (non-hydrogen) atoms. The number of benzene rings is 1. The quantitative estimate of drug-likeness (QED) is 0.826. The minimum atomic E-state index is -0.482. The van der Waals surface area contributed by atoms with Crippen molar-refractivity contribution >= 4 is 11.8 Å². The van der Waals surface area contributed by atoms with Crippen molar-refractivity contribution in [2.24, 2.45) is 0 Å². The van der Waals surface area contributed by atoms with E-state index in [1.165, 1.54) is 6.33 Å². The van der Waals surface area contributed by atoms with Crippen LogP contribution in [0.3, 0.4) is 0 Å². The van der Waals surface area contributed by atoms with Crippen LogP contribution in [0.5, 0.6) is 0 Å². The highest BCUT2D eigenvalue weighted by molar-refractivity contribution is 5.79. The summed E-state index contributed by atoms with van der Waals surface area (Å²) < 4.78 is 5.31. The summed E-state index contributed by atoms with van der Waals surface area (Å²) in [4.78, 5) is 20.2.